The maximum atomic E-state index is 5.30. The summed E-state index contributed by atoms with van der Waals surface area (Å²) in [6.45, 7) is 9.06. The van der Waals surface area contributed by atoms with Gasteiger partial charge >= 0.3 is 0 Å². The van der Waals surface area contributed by atoms with E-state index in [9.17, 15) is 0 Å². The highest BCUT2D eigenvalue weighted by molar-refractivity contribution is 5.75. The number of hydrogen-bond acceptors (Lipinski definition) is 2. The second-order valence-corrected chi connectivity index (χ2v) is 5.44. The highest BCUT2D eigenvalue weighted by Crippen LogP contribution is 2.24. The summed E-state index contributed by atoms with van der Waals surface area (Å²) in [5.41, 5.74) is 10.6. The third kappa shape index (κ3) is 5.91. The van der Waals surface area contributed by atoms with Crippen molar-refractivity contribution in [2.45, 2.75) is 39.5 Å². The standard InChI is InChI=1S/C13H28N4/c1-11(2)12-5-3-8-17(10-6-12)9-4-7-16-13(14)15/h11-12H,3-10H2,1-2H3,(H4,14,15,16). The lowest BCUT2D eigenvalue weighted by atomic mass is 9.89. The van der Waals surface area contributed by atoms with Crippen molar-refractivity contribution in [3.05, 3.63) is 0 Å². The molecular weight excluding hydrogens is 212 g/mol. The number of likely N-dealkylation sites (tertiary alicyclic amines) is 1. The molecule has 0 saturated carbocycles. The molecule has 0 aromatic heterocycles. The zero-order valence-electron chi connectivity index (χ0n) is 11.4. The summed E-state index contributed by atoms with van der Waals surface area (Å²) < 4.78 is 0. The Morgan fingerprint density at radius 2 is 2.06 bits per heavy atom. The Kier molecular flexibility index (Phi) is 6.34. The van der Waals surface area contributed by atoms with Crippen LogP contribution in [0, 0.1) is 11.8 Å². The van der Waals surface area contributed by atoms with Crippen molar-refractivity contribution in [1.82, 2.24) is 4.90 Å². The van der Waals surface area contributed by atoms with Crippen LogP contribution < -0.4 is 11.5 Å². The molecule has 17 heavy (non-hydrogen) atoms. The highest BCUT2D eigenvalue weighted by atomic mass is 15.1. The Balaban J connectivity index is 2.20. The zero-order chi connectivity index (χ0) is 12.7. The highest BCUT2D eigenvalue weighted by Gasteiger charge is 2.18. The van der Waals surface area contributed by atoms with Crippen molar-refractivity contribution in [2.24, 2.45) is 28.3 Å². The van der Waals surface area contributed by atoms with Gasteiger partial charge in [-0.3, -0.25) is 4.99 Å². The fourth-order valence-electron chi connectivity index (χ4n) is 2.57. The van der Waals surface area contributed by atoms with E-state index in [0.29, 0.717) is 0 Å². The van der Waals surface area contributed by atoms with Crippen molar-refractivity contribution >= 4 is 5.96 Å². The summed E-state index contributed by atoms with van der Waals surface area (Å²) in [5.74, 6) is 1.95. The smallest absolute Gasteiger partial charge is 0.185 e. The van der Waals surface area contributed by atoms with Gasteiger partial charge in [-0.2, -0.15) is 0 Å². The van der Waals surface area contributed by atoms with Gasteiger partial charge in [-0.1, -0.05) is 13.8 Å². The monoisotopic (exact) mass is 240 g/mol. The van der Waals surface area contributed by atoms with E-state index < -0.39 is 0 Å². The summed E-state index contributed by atoms with van der Waals surface area (Å²) in [4.78, 5) is 6.58. The molecule has 4 heteroatoms. The van der Waals surface area contributed by atoms with E-state index in [0.717, 1.165) is 31.3 Å². The van der Waals surface area contributed by atoms with E-state index in [4.69, 9.17) is 11.5 Å². The first kappa shape index (κ1) is 14.3. The van der Waals surface area contributed by atoms with Crippen molar-refractivity contribution < 1.29 is 0 Å². The molecule has 1 aliphatic rings. The van der Waals surface area contributed by atoms with Crippen LogP contribution in [0.1, 0.15) is 39.5 Å². The summed E-state index contributed by atoms with van der Waals surface area (Å²) in [7, 11) is 0. The van der Waals surface area contributed by atoms with Gasteiger partial charge in [0, 0.05) is 6.54 Å². The quantitative estimate of drug-likeness (QED) is 0.434. The second-order valence-electron chi connectivity index (χ2n) is 5.44. The van der Waals surface area contributed by atoms with Crippen LogP contribution in [-0.4, -0.2) is 37.0 Å². The largest absolute Gasteiger partial charge is 0.370 e. The van der Waals surface area contributed by atoms with Gasteiger partial charge in [-0.15, -0.1) is 0 Å². The van der Waals surface area contributed by atoms with Gasteiger partial charge in [0.05, 0.1) is 0 Å². The zero-order valence-corrected chi connectivity index (χ0v) is 11.4. The van der Waals surface area contributed by atoms with Crippen molar-refractivity contribution in [3.8, 4) is 0 Å². The number of guanidine groups is 1. The number of nitrogens with two attached hydrogens (primary N) is 2. The van der Waals surface area contributed by atoms with Gasteiger partial charge in [0.15, 0.2) is 5.96 Å². The lowest BCUT2D eigenvalue weighted by Crippen LogP contribution is -2.27. The SMILES string of the molecule is CC(C)C1CCCN(CCCN=C(N)N)CC1. The lowest BCUT2D eigenvalue weighted by molar-refractivity contribution is 0.270. The fourth-order valence-corrected chi connectivity index (χ4v) is 2.57. The topological polar surface area (TPSA) is 67.6 Å². The van der Waals surface area contributed by atoms with Gasteiger partial charge in [-0.05, 0) is 57.2 Å². The van der Waals surface area contributed by atoms with Crippen LogP contribution in [0.15, 0.2) is 4.99 Å². The molecule has 0 radical (unpaired) electrons. The van der Waals surface area contributed by atoms with Crippen LogP contribution >= 0.6 is 0 Å². The molecule has 1 rings (SSSR count). The Hall–Kier alpha value is -0.770. The predicted octanol–water partition coefficient (Wildman–Crippen LogP) is 1.41. The molecular formula is C13H28N4. The second kappa shape index (κ2) is 7.54. The Labute approximate surface area is 105 Å². The van der Waals surface area contributed by atoms with Crippen LogP contribution in [0.4, 0.5) is 0 Å². The first-order chi connectivity index (χ1) is 8.09. The molecule has 1 aliphatic heterocycles. The number of rotatable bonds is 5. The summed E-state index contributed by atoms with van der Waals surface area (Å²) in [5, 5.41) is 0. The molecule has 1 fully saturated rings. The van der Waals surface area contributed by atoms with Crippen LogP contribution in [0.25, 0.3) is 0 Å². The minimum absolute atomic E-state index is 0.209. The van der Waals surface area contributed by atoms with Crippen molar-refractivity contribution in [1.29, 1.82) is 0 Å². The predicted molar refractivity (Wildman–Crippen MR) is 73.9 cm³/mol. The van der Waals surface area contributed by atoms with E-state index in [-0.39, 0.29) is 5.96 Å². The molecule has 100 valence electrons. The van der Waals surface area contributed by atoms with E-state index >= 15 is 0 Å². The number of hydrogen-bond donors (Lipinski definition) is 2. The third-order valence-electron chi connectivity index (χ3n) is 3.74. The molecule has 4 nitrogen and oxygen atoms in total. The molecule has 1 atom stereocenters. The van der Waals surface area contributed by atoms with Gasteiger partial charge < -0.3 is 16.4 Å². The van der Waals surface area contributed by atoms with Crippen molar-refractivity contribution in [3.63, 3.8) is 0 Å². The average molecular weight is 240 g/mol. The van der Waals surface area contributed by atoms with E-state index in [2.05, 4.69) is 23.7 Å². The first-order valence-corrected chi connectivity index (χ1v) is 6.87. The van der Waals surface area contributed by atoms with Crippen LogP contribution in [-0.2, 0) is 0 Å². The molecule has 0 amide bonds. The third-order valence-corrected chi connectivity index (χ3v) is 3.74. The average Bonchev–Trinajstić information content (AvgIpc) is 2.49. The fraction of sp³-hybridized carbons (Fsp3) is 0.923. The van der Waals surface area contributed by atoms with Gasteiger partial charge in [0.2, 0.25) is 0 Å². The number of aliphatic imine (C=N–C) groups is 1. The van der Waals surface area contributed by atoms with Crippen LogP contribution in [0.3, 0.4) is 0 Å². The molecule has 0 spiro atoms. The molecule has 1 unspecified atom stereocenters. The molecule has 0 aromatic rings. The summed E-state index contributed by atoms with van der Waals surface area (Å²) >= 11 is 0. The van der Waals surface area contributed by atoms with Crippen LogP contribution in [0.5, 0.6) is 0 Å². The van der Waals surface area contributed by atoms with Crippen LogP contribution in [0.2, 0.25) is 0 Å². The van der Waals surface area contributed by atoms with E-state index in [1.807, 2.05) is 0 Å². The van der Waals surface area contributed by atoms with Gasteiger partial charge in [0.25, 0.3) is 0 Å². The maximum Gasteiger partial charge on any atom is 0.185 e. The summed E-state index contributed by atoms with van der Waals surface area (Å²) in [6.07, 6.45) is 5.14. The molecule has 1 heterocycles. The molecule has 4 N–H and O–H groups in total. The maximum absolute atomic E-state index is 5.30. The number of nitrogens with zero attached hydrogens (tertiary/aromatic N) is 2. The van der Waals surface area contributed by atoms with Crippen molar-refractivity contribution in [2.75, 3.05) is 26.2 Å². The lowest BCUT2D eigenvalue weighted by Gasteiger charge is -2.20. The molecule has 0 bridgehead atoms. The minimum Gasteiger partial charge on any atom is -0.370 e. The summed E-state index contributed by atoms with van der Waals surface area (Å²) in [6, 6.07) is 0. The van der Waals surface area contributed by atoms with Gasteiger partial charge in [-0.25, -0.2) is 0 Å². The van der Waals surface area contributed by atoms with Gasteiger partial charge in [0.1, 0.15) is 0 Å². The Morgan fingerprint density at radius 3 is 2.71 bits per heavy atom. The first-order valence-electron chi connectivity index (χ1n) is 6.87. The normalized spacial score (nSPS) is 22.4. The minimum atomic E-state index is 0.209. The molecule has 0 aromatic carbocycles. The molecule has 0 aliphatic carbocycles. The molecule has 1 saturated heterocycles. The van der Waals surface area contributed by atoms with E-state index in [1.165, 1.54) is 32.4 Å². The Morgan fingerprint density at radius 1 is 1.29 bits per heavy atom. The van der Waals surface area contributed by atoms with E-state index in [1.54, 1.807) is 0 Å². The Bertz CT molecular complexity index is 234.